The van der Waals surface area contributed by atoms with E-state index in [0.717, 1.165) is 18.6 Å². The number of carbonyl (C=O) groups excluding carboxylic acids is 2. The molecule has 1 atom stereocenters. The van der Waals surface area contributed by atoms with E-state index in [1.54, 1.807) is 11.8 Å². The summed E-state index contributed by atoms with van der Waals surface area (Å²) in [5.74, 6) is 1.15. The maximum Gasteiger partial charge on any atom is 0.320 e. The summed E-state index contributed by atoms with van der Waals surface area (Å²) in [4.78, 5) is 22.1. The van der Waals surface area contributed by atoms with E-state index in [1.165, 1.54) is 14.2 Å². The number of hydrogen-bond acceptors (Lipinski definition) is 5. The van der Waals surface area contributed by atoms with Crippen molar-refractivity contribution in [1.82, 2.24) is 0 Å². The first kappa shape index (κ1) is 14.8. The van der Waals surface area contributed by atoms with Gasteiger partial charge in [-0.05, 0) is 24.0 Å². The molecule has 0 amide bonds. The van der Waals surface area contributed by atoms with Gasteiger partial charge in [0.15, 0.2) is 0 Å². The quantitative estimate of drug-likeness (QED) is 0.529. The number of alkyl halides is 1. The van der Waals surface area contributed by atoms with Crippen LogP contribution in [0.15, 0.2) is 0 Å². The minimum Gasteiger partial charge on any atom is -0.469 e. The molecule has 6 heteroatoms. The molecular weight excluding hydrogens is 308 g/mol. The molecule has 0 aromatic rings. The highest BCUT2D eigenvalue weighted by molar-refractivity contribution is 9.10. The van der Waals surface area contributed by atoms with Gasteiger partial charge in [-0.25, -0.2) is 0 Å². The molecule has 17 heavy (non-hydrogen) atoms. The predicted molar refractivity (Wildman–Crippen MR) is 70.4 cm³/mol. The number of esters is 2. The molecule has 1 fully saturated rings. The highest BCUT2D eigenvalue weighted by Crippen LogP contribution is 2.51. The smallest absolute Gasteiger partial charge is 0.320 e. The van der Waals surface area contributed by atoms with Crippen LogP contribution in [0.3, 0.4) is 0 Å². The molecule has 1 unspecified atom stereocenters. The largest absolute Gasteiger partial charge is 0.469 e. The zero-order valence-corrected chi connectivity index (χ0v) is 12.4. The molecular formula is C11H17BrO4S. The Morgan fingerprint density at radius 1 is 1.35 bits per heavy atom. The molecule has 1 aliphatic rings. The van der Waals surface area contributed by atoms with E-state index in [9.17, 15) is 9.59 Å². The lowest BCUT2D eigenvalue weighted by Gasteiger charge is -2.14. The average Bonchev–Trinajstić information content (AvgIpc) is 3.07. The topological polar surface area (TPSA) is 52.6 Å². The molecule has 0 N–H and O–H groups in total. The first-order valence-electron chi connectivity index (χ1n) is 5.39. The third kappa shape index (κ3) is 4.87. The predicted octanol–water partition coefficient (Wildman–Crippen LogP) is 2.00. The molecule has 0 spiro atoms. The Morgan fingerprint density at radius 2 is 2.00 bits per heavy atom. The van der Waals surface area contributed by atoms with Crippen molar-refractivity contribution in [2.45, 2.75) is 24.1 Å². The minimum absolute atomic E-state index is 0.112. The summed E-state index contributed by atoms with van der Waals surface area (Å²) < 4.78 is 9.30. The molecule has 98 valence electrons. The molecule has 0 aliphatic heterocycles. The van der Waals surface area contributed by atoms with Gasteiger partial charge in [0.25, 0.3) is 0 Å². The van der Waals surface area contributed by atoms with Crippen LogP contribution in [0.2, 0.25) is 0 Å². The first-order chi connectivity index (χ1) is 8.03. The Labute approximate surface area is 114 Å². The van der Waals surface area contributed by atoms with Crippen molar-refractivity contribution >= 4 is 39.6 Å². The highest BCUT2D eigenvalue weighted by atomic mass is 79.9. The lowest BCUT2D eigenvalue weighted by molar-refractivity contribution is -0.142. The van der Waals surface area contributed by atoms with Crippen LogP contribution in [0.1, 0.15) is 19.3 Å². The number of methoxy groups -OCH3 is 2. The van der Waals surface area contributed by atoms with E-state index < -0.39 is 0 Å². The van der Waals surface area contributed by atoms with Gasteiger partial charge in [-0.15, -0.1) is 0 Å². The number of hydrogen-bond donors (Lipinski definition) is 0. The van der Waals surface area contributed by atoms with Crippen molar-refractivity contribution in [2.24, 2.45) is 5.41 Å². The third-order valence-electron chi connectivity index (χ3n) is 2.83. The van der Waals surface area contributed by atoms with Crippen molar-refractivity contribution in [3.8, 4) is 0 Å². The summed E-state index contributed by atoms with van der Waals surface area (Å²) >= 11 is 4.94. The Morgan fingerprint density at radius 3 is 2.47 bits per heavy atom. The SMILES string of the molecule is COC(=O)CC1(CSCC(Br)C(=O)OC)CC1. The van der Waals surface area contributed by atoms with Gasteiger partial charge in [0, 0.05) is 5.75 Å². The summed E-state index contributed by atoms with van der Waals surface area (Å²) in [6.07, 6.45) is 2.63. The summed E-state index contributed by atoms with van der Waals surface area (Å²) in [7, 11) is 2.79. The fourth-order valence-corrected chi connectivity index (χ4v) is 3.53. The van der Waals surface area contributed by atoms with Crippen molar-refractivity contribution in [3.63, 3.8) is 0 Å². The maximum atomic E-state index is 11.2. The lowest BCUT2D eigenvalue weighted by Crippen LogP contribution is -2.19. The van der Waals surface area contributed by atoms with Crippen LogP contribution in [0.5, 0.6) is 0 Å². The monoisotopic (exact) mass is 324 g/mol. The van der Waals surface area contributed by atoms with E-state index in [1.807, 2.05) is 0 Å². The Balaban J connectivity index is 2.22. The van der Waals surface area contributed by atoms with Crippen LogP contribution in [0.25, 0.3) is 0 Å². The Kier molecular flexibility index (Phi) is 5.79. The van der Waals surface area contributed by atoms with Crippen molar-refractivity contribution in [2.75, 3.05) is 25.7 Å². The van der Waals surface area contributed by atoms with Crippen molar-refractivity contribution in [3.05, 3.63) is 0 Å². The minimum atomic E-state index is -0.272. The number of thioether (sulfide) groups is 1. The van der Waals surface area contributed by atoms with Crippen LogP contribution in [-0.4, -0.2) is 42.5 Å². The second kappa shape index (κ2) is 6.64. The summed E-state index contributed by atoms with van der Waals surface area (Å²) in [5.41, 5.74) is 0.112. The number of carbonyl (C=O) groups is 2. The van der Waals surface area contributed by atoms with E-state index in [-0.39, 0.29) is 22.2 Å². The van der Waals surface area contributed by atoms with Crippen LogP contribution in [0.4, 0.5) is 0 Å². The van der Waals surface area contributed by atoms with Gasteiger partial charge in [0.2, 0.25) is 0 Å². The molecule has 0 heterocycles. The third-order valence-corrected chi connectivity index (χ3v) is 5.35. The number of rotatable bonds is 7. The molecule has 0 aromatic carbocycles. The lowest BCUT2D eigenvalue weighted by atomic mass is 10.1. The van der Waals surface area contributed by atoms with Gasteiger partial charge in [-0.2, -0.15) is 11.8 Å². The van der Waals surface area contributed by atoms with Crippen LogP contribution < -0.4 is 0 Å². The zero-order chi connectivity index (χ0) is 12.9. The Hall–Kier alpha value is -0.230. The van der Waals surface area contributed by atoms with Crippen molar-refractivity contribution < 1.29 is 19.1 Å². The van der Waals surface area contributed by atoms with Gasteiger partial charge in [0.1, 0.15) is 4.83 Å². The highest BCUT2D eigenvalue weighted by Gasteiger charge is 2.44. The molecule has 0 aromatic heterocycles. The Bertz CT molecular complexity index is 291. The van der Waals surface area contributed by atoms with E-state index in [0.29, 0.717) is 12.2 Å². The van der Waals surface area contributed by atoms with Gasteiger partial charge in [0.05, 0.1) is 20.6 Å². The molecule has 1 rings (SSSR count). The van der Waals surface area contributed by atoms with Gasteiger partial charge in [-0.1, -0.05) is 15.9 Å². The number of ether oxygens (including phenoxy) is 2. The molecule has 1 saturated carbocycles. The van der Waals surface area contributed by atoms with Gasteiger partial charge in [-0.3, -0.25) is 9.59 Å². The fraction of sp³-hybridized carbons (Fsp3) is 0.818. The van der Waals surface area contributed by atoms with Crippen LogP contribution >= 0.6 is 27.7 Å². The van der Waals surface area contributed by atoms with E-state index >= 15 is 0 Å². The maximum absolute atomic E-state index is 11.2. The van der Waals surface area contributed by atoms with Crippen molar-refractivity contribution in [1.29, 1.82) is 0 Å². The standard InChI is InChI=1S/C11H17BrO4S/c1-15-9(13)5-11(3-4-11)7-17-6-8(12)10(14)16-2/h8H,3-7H2,1-2H3. The number of halogens is 1. The van der Waals surface area contributed by atoms with Gasteiger partial charge < -0.3 is 9.47 Å². The van der Waals surface area contributed by atoms with E-state index in [4.69, 9.17) is 0 Å². The molecule has 1 aliphatic carbocycles. The molecule has 0 bridgehead atoms. The summed E-state index contributed by atoms with van der Waals surface area (Å²) in [6.45, 7) is 0. The second-order valence-corrected chi connectivity index (χ2v) is 6.39. The normalized spacial score (nSPS) is 18.3. The molecule has 0 radical (unpaired) electrons. The zero-order valence-electron chi connectivity index (χ0n) is 10.0. The summed E-state index contributed by atoms with van der Waals surface area (Å²) in [5, 5.41) is 0. The first-order valence-corrected chi connectivity index (χ1v) is 7.46. The van der Waals surface area contributed by atoms with Crippen LogP contribution in [0, 0.1) is 5.41 Å². The van der Waals surface area contributed by atoms with Gasteiger partial charge >= 0.3 is 11.9 Å². The second-order valence-electron chi connectivity index (χ2n) is 4.26. The van der Waals surface area contributed by atoms with E-state index in [2.05, 4.69) is 25.4 Å². The summed E-state index contributed by atoms with van der Waals surface area (Å²) in [6, 6.07) is 0. The average molecular weight is 325 g/mol. The molecule has 4 nitrogen and oxygen atoms in total. The molecule has 0 saturated heterocycles. The fourth-order valence-electron chi connectivity index (χ4n) is 1.50. The van der Waals surface area contributed by atoms with Crippen LogP contribution in [-0.2, 0) is 19.1 Å².